The van der Waals surface area contributed by atoms with Crippen molar-refractivity contribution in [3.63, 3.8) is 0 Å². The largest absolute Gasteiger partial charge is 0.478 e. The SMILES string of the molecule is CN(C)C1(CNc2ccccc2C(=O)O)CCCC1. The highest BCUT2D eigenvalue weighted by atomic mass is 16.4. The number of likely N-dealkylation sites (N-methyl/N-ethyl adjacent to an activating group) is 1. The maximum absolute atomic E-state index is 11.2. The average molecular weight is 262 g/mol. The summed E-state index contributed by atoms with van der Waals surface area (Å²) in [6.45, 7) is 0.796. The summed E-state index contributed by atoms with van der Waals surface area (Å²) in [5.74, 6) is -0.881. The molecule has 0 amide bonds. The minimum absolute atomic E-state index is 0.158. The van der Waals surface area contributed by atoms with E-state index in [-0.39, 0.29) is 5.54 Å². The molecule has 0 spiro atoms. The number of para-hydroxylation sites is 1. The van der Waals surface area contributed by atoms with Gasteiger partial charge in [-0.3, -0.25) is 0 Å². The van der Waals surface area contributed by atoms with Crippen LogP contribution in [-0.2, 0) is 0 Å². The zero-order valence-corrected chi connectivity index (χ0v) is 11.6. The molecule has 4 nitrogen and oxygen atoms in total. The fourth-order valence-corrected chi connectivity index (χ4v) is 2.90. The van der Waals surface area contributed by atoms with Gasteiger partial charge in [-0.05, 0) is 39.1 Å². The molecule has 0 atom stereocenters. The second kappa shape index (κ2) is 5.61. The zero-order valence-electron chi connectivity index (χ0n) is 11.6. The normalized spacial score (nSPS) is 17.6. The van der Waals surface area contributed by atoms with Gasteiger partial charge in [-0.15, -0.1) is 0 Å². The van der Waals surface area contributed by atoms with Crippen LogP contribution in [0, 0.1) is 0 Å². The first-order chi connectivity index (χ1) is 9.05. The lowest BCUT2D eigenvalue weighted by Gasteiger charge is -2.37. The van der Waals surface area contributed by atoms with Crippen molar-refractivity contribution in [3.05, 3.63) is 29.8 Å². The second-order valence-electron chi connectivity index (χ2n) is 5.53. The van der Waals surface area contributed by atoms with Gasteiger partial charge in [-0.25, -0.2) is 4.79 Å². The fraction of sp³-hybridized carbons (Fsp3) is 0.533. The second-order valence-corrected chi connectivity index (χ2v) is 5.53. The van der Waals surface area contributed by atoms with Crippen LogP contribution in [0.4, 0.5) is 5.69 Å². The summed E-state index contributed by atoms with van der Waals surface area (Å²) >= 11 is 0. The van der Waals surface area contributed by atoms with Crippen molar-refractivity contribution >= 4 is 11.7 Å². The quantitative estimate of drug-likeness (QED) is 0.856. The number of rotatable bonds is 5. The molecule has 0 aliphatic heterocycles. The number of nitrogens with zero attached hydrogens (tertiary/aromatic N) is 1. The van der Waals surface area contributed by atoms with E-state index in [1.54, 1.807) is 12.1 Å². The number of nitrogens with one attached hydrogen (secondary N) is 1. The molecule has 0 radical (unpaired) electrons. The van der Waals surface area contributed by atoms with Gasteiger partial charge in [0.25, 0.3) is 0 Å². The number of carboxylic acids is 1. The van der Waals surface area contributed by atoms with Crippen LogP contribution in [0.25, 0.3) is 0 Å². The Morgan fingerprint density at radius 3 is 2.53 bits per heavy atom. The van der Waals surface area contributed by atoms with Gasteiger partial charge >= 0.3 is 5.97 Å². The van der Waals surface area contributed by atoms with E-state index in [4.69, 9.17) is 0 Å². The summed E-state index contributed by atoms with van der Waals surface area (Å²) in [7, 11) is 4.21. The third-order valence-corrected chi connectivity index (χ3v) is 4.25. The van der Waals surface area contributed by atoms with Crippen LogP contribution < -0.4 is 5.32 Å². The minimum Gasteiger partial charge on any atom is -0.478 e. The molecular formula is C15H22N2O2. The number of carboxylic acid groups (broad SMARTS) is 1. The van der Waals surface area contributed by atoms with E-state index in [0.717, 1.165) is 6.54 Å². The number of hydrogen-bond acceptors (Lipinski definition) is 3. The summed E-state index contributed by atoms with van der Waals surface area (Å²) < 4.78 is 0. The summed E-state index contributed by atoms with van der Waals surface area (Å²) in [5.41, 5.74) is 1.21. The van der Waals surface area contributed by atoms with Gasteiger partial charge in [0.1, 0.15) is 0 Å². The van der Waals surface area contributed by atoms with Crippen LogP contribution in [0.5, 0.6) is 0 Å². The Balaban J connectivity index is 2.12. The van der Waals surface area contributed by atoms with Crippen molar-refractivity contribution in [1.29, 1.82) is 0 Å². The van der Waals surface area contributed by atoms with Gasteiger partial charge in [-0.1, -0.05) is 25.0 Å². The summed E-state index contributed by atoms with van der Waals surface area (Å²) in [5, 5.41) is 12.5. The number of anilines is 1. The molecule has 4 heteroatoms. The monoisotopic (exact) mass is 262 g/mol. The zero-order chi connectivity index (χ0) is 13.9. The molecule has 1 aromatic rings. The lowest BCUT2D eigenvalue weighted by molar-refractivity contribution is 0.0697. The minimum atomic E-state index is -0.881. The fourth-order valence-electron chi connectivity index (χ4n) is 2.90. The van der Waals surface area contributed by atoms with Crippen molar-refractivity contribution in [1.82, 2.24) is 4.90 Å². The van der Waals surface area contributed by atoms with Crippen LogP contribution >= 0.6 is 0 Å². The Kier molecular flexibility index (Phi) is 4.10. The molecule has 0 heterocycles. The van der Waals surface area contributed by atoms with Gasteiger partial charge in [0, 0.05) is 17.8 Å². The number of hydrogen-bond donors (Lipinski definition) is 2. The highest BCUT2D eigenvalue weighted by Crippen LogP contribution is 2.34. The van der Waals surface area contributed by atoms with E-state index in [9.17, 15) is 9.90 Å². The molecule has 0 aromatic heterocycles. The van der Waals surface area contributed by atoms with E-state index < -0.39 is 5.97 Å². The molecule has 2 rings (SSSR count). The molecule has 104 valence electrons. The van der Waals surface area contributed by atoms with Gasteiger partial charge in [0.15, 0.2) is 0 Å². The smallest absolute Gasteiger partial charge is 0.337 e. The van der Waals surface area contributed by atoms with Crippen molar-refractivity contribution in [2.45, 2.75) is 31.2 Å². The number of carbonyl (C=O) groups is 1. The summed E-state index contributed by atoms with van der Waals surface area (Å²) in [6, 6.07) is 7.10. The first-order valence-corrected chi connectivity index (χ1v) is 6.79. The first kappa shape index (κ1) is 13.9. The van der Waals surface area contributed by atoms with Gasteiger partial charge in [0.05, 0.1) is 5.56 Å². The van der Waals surface area contributed by atoms with Crippen LogP contribution in [0.3, 0.4) is 0 Å². The molecule has 1 fully saturated rings. The maximum atomic E-state index is 11.2. The molecule has 0 unspecified atom stereocenters. The highest BCUT2D eigenvalue weighted by Gasteiger charge is 2.35. The molecule has 1 aliphatic rings. The lowest BCUT2D eigenvalue weighted by atomic mass is 9.95. The molecule has 0 saturated heterocycles. The van der Waals surface area contributed by atoms with Crippen molar-refractivity contribution in [2.75, 3.05) is 26.0 Å². The maximum Gasteiger partial charge on any atom is 0.337 e. The Hall–Kier alpha value is -1.55. The molecule has 2 N–H and O–H groups in total. The van der Waals surface area contributed by atoms with Crippen LogP contribution in [0.2, 0.25) is 0 Å². The third-order valence-electron chi connectivity index (χ3n) is 4.25. The van der Waals surface area contributed by atoms with Gasteiger partial charge in [0.2, 0.25) is 0 Å². The first-order valence-electron chi connectivity index (χ1n) is 6.79. The number of benzene rings is 1. The van der Waals surface area contributed by atoms with Gasteiger partial charge < -0.3 is 15.3 Å². The third kappa shape index (κ3) is 2.89. The van der Waals surface area contributed by atoms with Crippen LogP contribution in [0.15, 0.2) is 24.3 Å². The predicted molar refractivity (Wildman–Crippen MR) is 76.8 cm³/mol. The van der Waals surface area contributed by atoms with E-state index >= 15 is 0 Å². The van der Waals surface area contributed by atoms with Crippen molar-refractivity contribution in [2.24, 2.45) is 0 Å². The average Bonchev–Trinajstić information content (AvgIpc) is 2.86. The van der Waals surface area contributed by atoms with Crippen molar-refractivity contribution < 1.29 is 9.90 Å². The standard InChI is InChI=1S/C15H22N2O2/c1-17(2)15(9-5-6-10-15)11-16-13-8-4-3-7-12(13)14(18)19/h3-4,7-8,16H,5-6,9-11H2,1-2H3,(H,18,19). The lowest BCUT2D eigenvalue weighted by Crippen LogP contribution is -2.47. The molecule has 0 bridgehead atoms. The summed E-state index contributed by atoms with van der Waals surface area (Å²) in [6.07, 6.45) is 4.84. The number of aromatic carboxylic acids is 1. The van der Waals surface area contributed by atoms with Gasteiger partial charge in [-0.2, -0.15) is 0 Å². The van der Waals surface area contributed by atoms with Crippen molar-refractivity contribution in [3.8, 4) is 0 Å². The van der Waals surface area contributed by atoms with Crippen LogP contribution in [-0.4, -0.2) is 42.2 Å². The van der Waals surface area contributed by atoms with E-state index in [1.165, 1.54) is 25.7 Å². The molecule has 1 saturated carbocycles. The van der Waals surface area contributed by atoms with E-state index in [2.05, 4.69) is 24.3 Å². The van der Waals surface area contributed by atoms with Crippen LogP contribution in [0.1, 0.15) is 36.0 Å². The van der Waals surface area contributed by atoms with E-state index in [0.29, 0.717) is 11.3 Å². The summed E-state index contributed by atoms with van der Waals surface area (Å²) in [4.78, 5) is 13.5. The predicted octanol–water partition coefficient (Wildman–Crippen LogP) is 2.67. The molecule has 1 aromatic carbocycles. The highest BCUT2D eigenvalue weighted by molar-refractivity contribution is 5.94. The molecule has 1 aliphatic carbocycles. The molecule has 19 heavy (non-hydrogen) atoms. The molecular weight excluding hydrogens is 240 g/mol. The van der Waals surface area contributed by atoms with E-state index in [1.807, 2.05) is 12.1 Å². The Bertz CT molecular complexity index is 451. The topological polar surface area (TPSA) is 52.6 Å². The Morgan fingerprint density at radius 1 is 1.32 bits per heavy atom. The Morgan fingerprint density at radius 2 is 1.95 bits per heavy atom. The Labute approximate surface area is 114 Å².